The van der Waals surface area contributed by atoms with Crippen molar-refractivity contribution in [3.05, 3.63) is 76.6 Å². The van der Waals surface area contributed by atoms with Gasteiger partial charge in [0.2, 0.25) is 21.5 Å². The molecule has 3 rings (SSSR count). The molecule has 7 nitrogen and oxygen atoms in total. The van der Waals surface area contributed by atoms with Gasteiger partial charge in [0.15, 0.2) is 0 Å². The molecule has 1 atom stereocenters. The van der Waals surface area contributed by atoms with E-state index in [0.717, 1.165) is 12.8 Å². The van der Waals surface area contributed by atoms with Crippen LogP contribution in [0.25, 0.3) is 10.9 Å². The van der Waals surface area contributed by atoms with Crippen LogP contribution in [0.2, 0.25) is 0 Å². The lowest BCUT2D eigenvalue weighted by Crippen LogP contribution is -2.35. The van der Waals surface area contributed by atoms with E-state index in [2.05, 4.69) is 15.0 Å². The third-order valence-electron chi connectivity index (χ3n) is 4.77. The minimum atomic E-state index is -3.75. The topological polar surface area (TPSA) is 108 Å². The average Bonchev–Trinajstić information content (AvgIpc) is 2.72. The summed E-state index contributed by atoms with van der Waals surface area (Å²) in [5.41, 5.74) is 1.52. The van der Waals surface area contributed by atoms with Crippen molar-refractivity contribution < 1.29 is 13.2 Å². The number of sulfonamides is 1. The third kappa shape index (κ3) is 6.01. The molecule has 0 fully saturated rings. The first-order chi connectivity index (χ1) is 14.3. The Labute approximate surface area is 175 Å². The van der Waals surface area contributed by atoms with Crippen LogP contribution in [0, 0.1) is 0 Å². The highest BCUT2D eigenvalue weighted by Crippen LogP contribution is 2.16. The number of nitrogens with one attached hydrogen (secondary N) is 3. The van der Waals surface area contributed by atoms with Crippen molar-refractivity contribution in [3.8, 4) is 0 Å². The van der Waals surface area contributed by atoms with Gasteiger partial charge in [-0.15, -0.1) is 0 Å². The molecule has 0 spiro atoms. The molecule has 0 saturated carbocycles. The Morgan fingerprint density at radius 2 is 1.83 bits per heavy atom. The van der Waals surface area contributed by atoms with Gasteiger partial charge in [-0.1, -0.05) is 30.3 Å². The first-order valence-corrected chi connectivity index (χ1v) is 11.3. The first-order valence-electron chi connectivity index (χ1n) is 9.79. The summed E-state index contributed by atoms with van der Waals surface area (Å²) >= 11 is 0. The molecule has 0 unspecified atom stereocenters. The molecule has 0 aliphatic heterocycles. The van der Waals surface area contributed by atoms with E-state index in [0.29, 0.717) is 10.9 Å². The van der Waals surface area contributed by atoms with Crippen LogP contribution in [0.15, 0.2) is 70.4 Å². The molecular weight excluding hydrogens is 402 g/mol. The number of carbonyl (C=O) groups is 1. The van der Waals surface area contributed by atoms with Gasteiger partial charge in [0.1, 0.15) is 0 Å². The zero-order valence-electron chi connectivity index (χ0n) is 16.7. The van der Waals surface area contributed by atoms with Crippen LogP contribution in [-0.2, 0) is 21.2 Å². The van der Waals surface area contributed by atoms with Crippen molar-refractivity contribution in [2.24, 2.45) is 0 Å². The average molecular weight is 428 g/mol. The summed E-state index contributed by atoms with van der Waals surface area (Å²) in [5.74, 6) is -0.200. The van der Waals surface area contributed by atoms with Crippen LogP contribution in [0.1, 0.15) is 25.3 Å². The Morgan fingerprint density at radius 3 is 2.60 bits per heavy atom. The maximum absolute atomic E-state index is 12.5. The van der Waals surface area contributed by atoms with Gasteiger partial charge in [0.25, 0.3) is 0 Å². The Bertz CT molecular complexity index is 1170. The lowest BCUT2D eigenvalue weighted by atomic mass is 10.1. The second kappa shape index (κ2) is 9.69. The van der Waals surface area contributed by atoms with Crippen LogP contribution < -0.4 is 15.6 Å². The van der Waals surface area contributed by atoms with Crippen LogP contribution in [0.4, 0.5) is 0 Å². The molecule has 0 aliphatic rings. The summed E-state index contributed by atoms with van der Waals surface area (Å²) in [6.45, 7) is 1.94. The predicted molar refractivity (Wildman–Crippen MR) is 117 cm³/mol. The molecule has 2 aromatic carbocycles. The minimum Gasteiger partial charge on any atom is -0.354 e. The van der Waals surface area contributed by atoms with E-state index >= 15 is 0 Å². The number of amides is 1. The number of aromatic nitrogens is 1. The molecule has 1 heterocycles. The van der Waals surface area contributed by atoms with Crippen molar-refractivity contribution in [2.75, 3.05) is 6.54 Å². The van der Waals surface area contributed by atoms with Crippen molar-refractivity contribution in [1.29, 1.82) is 0 Å². The second-order valence-electron chi connectivity index (χ2n) is 7.21. The zero-order chi connectivity index (χ0) is 21.6. The number of fused-ring (bicyclic) bond motifs is 1. The van der Waals surface area contributed by atoms with E-state index in [1.54, 1.807) is 12.1 Å². The van der Waals surface area contributed by atoms with E-state index in [1.165, 1.54) is 23.8 Å². The lowest BCUT2D eigenvalue weighted by Gasteiger charge is -2.14. The molecule has 3 aromatic rings. The van der Waals surface area contributed by atoms with Crippen LogP contribution in [0.5, 0.6) is 0 Å². The highest BCUT2D eigenvalue weighted by atomic mass is 32.2. The van der Waals surface area contributed by atoms with E-state index in [1.807, 2.05) is 37.3 Å². The number of aromatic amines is 1. The maximum atomic E-state index is 12.5. The molecule has 30 heavy (non-hydrogen) atoms. The van der Waals surface area contributed by atoms with Gasteiger partial charge in [-0.25, -0.2) is 13.1 Å². The molecule has 1 amide bonds. The Hall–Kier alpha value is -2.97. The molecule has 0 radical (unpaired) electrons. The number of rotatable bonds is 9. The summed E-state index contributed by atoms with van der Waals surface area (Å²) < 4.78 is 27.4. The highest BCUT2D eigenvalue weighted by molar-refractivity contribution is 7.89. The maximum Gasteiger partial charge on any atom is 0.248 e. The van der Waals surface area contributed by atoms with Crippen molar-refractivity contribution in [3.63, 3.8) is 0 Å². The monoisotopic (exact) mass is 427 g/mol. The number of hydrogen-bond donors (Lipinski definition) is 3. The SMILES string of the molecule is C[C@@H](CCc1ccccc1)NC(=O)CCNS(=O)(=O)c1ccc2[nH]c(=O)ccc2c1. The van der Waals surface area contributed by atoms with Gasteiger partial charge in [-0.3, -0.25) is 9.59 Å². The largest absolute Gasteiger partial charge is 0.354 e. The molecule has 1 aromatic heterocycles. The molecule has 0 aliphatic carbocycles. The molecule has 3 N–H and O–H groups in total. The summed E-state index contributed by atoms with van der Waals surface area (Å²) in [5, 5.41) is 3.51. The number of H-pyrrole nitrogens is 1. The second-order valence-corrected chi connectivity index (χ2v) is 8.98. The number of benzene rings is 2. The Kier molecular flexibility index (Phi) is 7.02. The van der Waals surface area contributed by atoms with Gasteiger partial charge in [0.05, 0.1) is 4.90 Å². The fraction of sp³-hybridized carbons (Fsp3) is 0.273. The van der Waals surface area contributed by atoms with E-state index in [-0.39, 0.29) is 35.4 Å². The molecule has 158 valence electrons. The summed E-state index contributed by atoms with van der Waals surface area (Å²) in [6, 6.07) is 17.4. The van der Waals surface area contributed by atoms with Gasteiger partial charge < -0.3 is 10.3 Å². The van der Waals surface area contributed by atoms with E-state index in [4.69, 9.17) is 0 Å². The van der Waals surface area contributed by atoms with Crippen LogP contribution in [-0.4, -0.2) is 31.9 Å². The quantitative estimate of drug-likeness (QED) is 0.487. The molecular formula is C22H25N3O4S. The van der Waals surface area contributed by atoms with Gasteiger partial charge >= 0.3 is 0 Å². The third-order valence-corrected chi connectivity index (χ3v) is 6.22. The van der Waals surface area contributed by atoms with Gasteiger partial charge in [-0.2, -0.15) is 0 Å². The number of hydrogen-bond acceptors (Lipinski definition) is 4. The van der Waals surface area contributed by atoms with Crippen molar-refractivity contribution >= 4 is 26.8 Å². The fourth-order valence-corrected chi connectivity index (χ4v) is 4.20. The highest BCUT2D eigenvalue weighted by Gasteiger charge is 2.15. The molecule has 0 saturated heterocycles. The Balaban J connectivity index is 1.48. The first kappa shape index (κ1) is 21.7. The normalized spacial score (nSPS) is 12.6. The summed E-state index contributed by atoms with van der Waals surface area (Å²) in [7, 11) is -3.75. The van der Waals surface area contributed by atoms with Gasteiger partial charge in [-0.05, 0) is 55.0 Å². The van der Waals surface area contributed by atoms with Gasteiger partial charge in [0, 0.05) is 30.6 Å². The Morgan fingerprint density at radius 1 is 1.07 bits per heavy atom. The zero-order valence-corrected chi connectivity index (χ0v) is 17.5. The fourth-order valence-electron chi connectivity index (χ4n) is 3.13. The molecule has 0 bridgehead atoms. The van der Waals surface area contributed by atoms with E-state index < -0.39 is 10.0 Å². The lowest BCUT2D eigenvalue weighted by molar-refractivity contribution is -0.121. The molecule has 8 heteroatoms. The predicted octanol–water partition coefficient (Wildman–Crippen LogP) is 2.33. The standard InChI is InChI=1S/C22H25N3O4S/c1-16(7-8-17-5-3-2-4-6-17)24-22(27)13-14-23-30(28,29)19-10-11-20-18(15-19)9-12-21(26)25-20/h2-6,9-12,15-16,23H,7-8,13-14H2,1H3,(H,24,27)(H,25,26)/t16-/m0/s1. The van der Waals surface area contributed by atoms with Crippen molar-refractivity contribution in [1.82, 2.24) is 15.0 Å². The number of carbonyl (C=O) groups excluding carboxylic acids is 1. The van der Waals surface area contributed by atoms with E-state index in [9.17, 15) is 18.0 Å². The summed E-state index contributed by atoms with van der Waals surface area (Å²) in [6.07, 6.45) is 1.72. The summed E-state index contributed by atoms with van der Waals surface area (Å²) in [4.78, 5) is 26.2. The smallest absolute Gasteiger partial charge is 0.248 e. The van der Waals surface area contributed by atoms with Crippen LogP contribution in [0.3, 0.4) is 0 Å². The number of aryl methyl sites for hydroxylation is 1. The minimum absolute atomic E-state index is 0.00282. The number of pyridine rings is 1. The van der Waals surface area contributed by atoms with Crippen LogP contribution >= 0.6 is 0 Å². The van der Waals surface area contributed by atoms with Crippen molar-refractivity contribution in [2.45, 2.75) is 37.1 Å².